The number of halogens is 3. The first-order valence-electron chi connectivity index (χ1n) is 14.1. The van der Waals surface area contributed by atoms with Gasteiger partial charge in [-0.25, -0.2) is 0 Å². The van der Waals surface area contributed by atoms with E-state index in [2.05, 4.69) is 9.98 Å². The number of hydrogen-bond donors (Lipinski definition) is 0. The summed E-state index contributed by atoms with van der Waals surface area (Å²) in [6.45, 7) is 2.31. The summed E-state index contributed by atoms with van der Waals surface area (Å²) in [5, 5.41) is 38.5. The summed E-state index contributed by atoms with van der Waals surface area (Å²) in [6, 6.07) is 28.2. The van der Waals surface area contributed by atoms with Gasteiger partial charge in [0.1, 0.15) is 36.1 Å². The molecule has 0 atom stereocenters. The van der Waals surface area contributed by atoms with E-state index in [0.29, 0.717) is 73.6 Å². The van der Waals surface area contributed by atoms with E-state index in [1.54, 1.807) is 48.8 Å². The van der Waals surface area contributed by atoms with Gasteiger partial charge in [-0.3, -0.25) is 9.98 Å². The molecule has 0 saturated carbocycles. The predicted octanol–water partition coefficient (Wildman–Crippen LogP) is 6.57. The Balaban J connectivity index is 0.00000120. The third kappa shape index (κ3) is 20.1. The van der Waals surface area contributed by atoms with Gasteiger partial charge in [-0.05, 0) is 35.4 Å². The molecule has 16 heteroatoms. The Labute approximate surface area is 331 Å². The number of benzene rings is 4. The molecule has 4 aromatic rings. The third-order valence-corrected chi connectivity index (χ3v) is 5.60. The molecule has 0 amide bonds. The summed E-state index contributed by atoms with van der Waals surface area (Å²) < 4.78 is 22.1. The van der Waals surface area contributed by atoms with Crippen LogP contribution in [0, 0.1) is 56.6 Å². The number of aliphatic imine (C=N–C) groups is 2. The van der Waals surface area contributed by atoms with E-state index in [-0.39, 0.29) is 52.8 Å². The minimum atomic E-state index is -1.75. The second-order valence-electron chi connectivity index (χ2n) is 8.92. The van der Waals surface area contributed by atoms with E-state index in [9.17, 15) is 10.2 Å². The monoisotopic (exact) mass is 859 g/mol. The number of alkyl halides is 3. The molecule has 12 nitrogen and oxygen atoms in total. The molecule has 0 heterocycles. The van der Waals surface area contributed by atoms with Crippen molar-refractivity contribution in [3.05, 3.63) is 124 Å². The number of para-hydroxylation sites is 6. The molecule has 0 saturated heterocycles. The molecule has 0 spiro atoms. The zero-order valence-corrected chi connectivity index (χ0v) is 31.9. The summed E-state index contributed by atoms with van der Waals surface area (Å²) in [7, 11) is 0. The Kier molecular flexibility index (Phi) is 23.8. The number of rotatable bonds is 15. The van der Waals surface area contributed by atoms with Crippen molar-refractivity contribution >= 4 is 58.6 Å². The van der Waals surface area contributed by atoms with Gasteiger partial charge in [-0.1, -0.05) is 108 Å². The summed E-state index contributed by atoms with van der Waals surface area (Å²) in [4.78, 5) is 17.1. The van der Waals surface area contributed by atoms with Crippen LogP contribution in [0.1, 0.15) is 11.1 Å². The summed E-state index contributed by atoms with van der Waals surface area (Å²) >= 11 is 14.4. The van der Waals surface area contributed by atoms with E-state index < -0.39 is 9.38 Å². The molecule has 0 aliphatic heterocycles. The van der Waals surface area contributed by atoms with Crippen molar-refractivity contribution in [2.45, 2.75) is 4.30 Å². The van der Waals surface area contributed by atoms with Crippen LogP contribution in [0.4, 0.5) is 11.4 Å². The van der Waals surface area contributed by atoms with E-state index in [1.807, 2.05) is 48.5 Å². The zero-order valence-electron chi connectivity index (χ0n) is 25.9. The van der Waals surface area contributed by atoms with Crippen LogP contribution in [0.15, 0.2) is 107 Å². The number of ether oxygens (including phenoxy) is 4. The Morgan fingerprint density at radius 2 is 0.898 bits per heavy atom. The fourth-order valence-electron chi connectivity index (χ4n) is 3.57. The SMILES string of the molecule is ClC(Cl)Cl.O=[N+]([O-])[O-].[O-]c1ccccc1C=Nc1ccccc1OCCOCCOCCOc1ccccc1N=Cc1ccccc1[O-].[Pr+3]. The molecule has 49 heavy (non-hydrogen) atoms. The maximum absolute atomic E-state index is 11.9. The van der Waals surface area contributed by atoms with E-state index in [0.717, 1.165) is 0 Å². The van der Waals surface area contributed by atoms with E-state index in [4.69, 9.17) is 69.1 Å². The fraction of sp³-hybridized carbons (Fsp3) is 0.212. The first-order chi connectivity index (χ1) is 23.2. The van der Waals surface area contributed by atoms with Crippen LogP contribution in [0.25, 0.3) is 0 Å². The molecule has 0 radical (unpaired) electrons. The average Bonchev–Trinajstić information content (AvgIpc) is 3.05. The van der Waals surface area contributed by atoms with Crippen molar-refractivity contribution in [1.82, 2.24) is 0 Å². The molecule has 0 aliphatic carbocycles. The standard InChI is InChI=1S/C32H32N2O6.CHCl3.NO3.Pr/c35-29-13-5-1-9-25(29)23-33-27-11-3-7-15-31(27)39-21-19-37-17-18-38-20-22-40-32-16-8-4-12-28(32)34-24-26-10-2-6-14-30(26)36;2*2-1(3)4;/h1-16,23-24,35-36H,17-22H2;1H;;/q;;-1;+3/p-2. The Morgan fingerprint density at radius 3 is 1.27 bits per heavy atom. The first kappa shape index (κ1) is 43.8. The normalized spacial score (nSPS) is 10.4. The van der Waals surface area contributed by atoms with Crippen LogP contribution in [-0.4, -0.2) is 61.5 Å². The van der Waals surface area contributed by atoms with E-state index in [1.165, 1.54) is 12.1 Å². The molecule has 0 aromatic heterocycles. The molecule has 0 unspecified atom stereocenters. The van der Waals surface area contributed by atoms with E-state index >= 15 is 0 Å². The second kappa shape index (κ2) is 26.6. The Bertz CT molecular complexity index is 1470. The zero-order chi connectivity index (χ0) is 35.0. The van der Waals surface area contributed by atoms with Gasteiger partial charge in [0.05, 0.1) is 31.5 Å². The van der Waals surface area contributed by atoms with Gasteiger partial charge < -0.3 is 44.5 Å². The maximum atomic E-state index is 11.9. The van der Waals surface area contributed by atoms with Crippen molar-refractivity contribution in [2.75, 3.05) is 39.6 Å². The van der Waals surface area contributed by atoms with Crippen molar-refractivity contribution in [3.63, 3.8) is 0 Å². The summed E-state index contributed by atoms with van der Waals surface area (Å²) in [6.07, 6.45) is 3.09. The minimum Gasteiger partial charge on any atom is -0.872 e. The van der Waals surface area contributed by atoms with Crippen LogP contribution in [0.5, 0.6) is 23.0 Å². The van der Waals surface area contributed by atoms with Gasteiger partial charge in [0.2, 0.25) is 0 Å². The molecule has 256 valence electrons. The maximum Gasteiger partial charge on any atom is 3.00 e. The summed E-state index contributed by atoms with van der Waals surface area (Å²) in [5.74, 6) is 1.07. The van der Waals surface area contributed by atoms with Crippen molar-refractivity contribution in [1.29, 1.82) is 0 Å². The van der Waals surface area contributed by atoms with Gasteiger partial charge in [-0.2, -0.15) is 0 Å². The average molecular weight is 861 g/mol. The van der Waals surface area contributed by atoms with Crippen LogP contribution in [-0.2, 0) is 9.47 Å². The molecule has 0 fully saturated rings. The molecule has 0 bridgehead atoms. The second-order valence-corrected chi connectivity index (χ2v) is 10.9. The fourth-order valence-corrected chi connectivity index (χ4v) is 3.57. The van der Waals surface area contributed by atoms with Gasteiger partial charge in [-0.15, -0.1) is 11.5 Å². The topological polar surface area (TPSA) is 174 Å². The van der Waals surface area contributed by atoms with Crippen molar-refractivity contribution in [3.8, 4) is 23.0 Å². The van der Waals surface area contributed by atoms with Crippen LogP contribution < -0.4 is 19.7 Å². The van der Waals surface area contributed by atoms with Crippen LogP contribution >= 0.6 is 34.8 Å². The van der Waals surface area contributed by atoms with Gasteiger partial charge in [0.15, 0.2) is 4.30 Å². The van der Waals surface area contributed by atoms with Crippen molar-refractivity contribution < 1.29 is 75.5 Å². The Hall–Kier alpha value is -3.23. The molecule has 4 rings (SSSR count). The molecular weight excluding hydrogens is 830 g/mol. The molecule has 0 aliphatic rings. The van der Waals surface area contributed by atoms with Crippen molar-refractivity contribution in [2.24, 2.45) is 9.98 Å². The molecule has 4 aromatic carbocycles. The molecule has 0 N–H and O–H groups in total. The smallest absolute Gasteiger partial charge is 0.872 e. The largest absolute Gasteiger partial charge is 3.00 e. The quantitative estimate of drug-likeness (QED) is 0.0421. The minimum absolute atomic E-state index is 0. The number of nitrogens with zero attached hydrogens (tertiary/aromatic N) is 3. The van der Waals surface area contributed by atoms with Crippen LogP contribution in [0.3, 0.4) is 0 Å². The van der Waals surface area contributed by atoms with Gasteiger partial charge >= 0.3 is 41.3 Å². The van der Waals surface area contributed by atoms with Crippen LogP contribution in [0.2, 0.25) is 0 Å². The summed E-state index contributed by atoms with van der Waals surface area (Å²) in [5.41, 5.74) is 2.31. The molecular formula is C33H31Cl3N3O9Pr. The van der Waals surface area contributed by atoms with Gasteiger partial charge in [0.25, 0.3) is 0 Å². The predicted molar refractivity (Wildman–Crippen MR) is 184 cm³/mol. The first-order valence-corrected chi connectivity index (χ1v) is 15.4. The van der Waals surface area contributed by atoms with Gasteiger partial charge in [0, 0.05) is 12.4 Å². The third-order valence-electron chi connectivity index (χ3n) is 5.60. The number of hydrogen-bond acceptors (Lipinski definition) is 11. The Morgan fingerprint density at radius 1 is 0.592 bits per heavy atom.